The van der Waals surface area contributed by atoms with Crippen LogP contribution in [0.25, 0.3) is 0 Å². The predicted molar refractivity (Wildman–Crippen MR) is 80.1 cm³/mol. The molecular formula is C17H26. The topological polar surface area (TPSA) is 0 Å². The molecule has 0 aliphatic heterocycles. The van der Waals surface area contributed by atoms with Crippen molar-refractivity contribution in [2.24, 2.45) is 0 Å². The third-order valence-corrected chi connectivity index (χ3v) is 2.61. The van der Waals surface area contributed by atoms with Gasteiger partial charge in [-0.1, -0.05) is 54.7 Å². The van der Waals surface area contributed by atoms with Gasteiger partial charge in [-0.25, -0.2) is 0 Å². The molecule has 0 aliphatic rings. The van der Waals surface area contributed by atoms with E-state index in [9.17, 15) is 0 Å². The van der Waals surface area contributed by atoms with Gasteiger partial charge in [0.25, 0.3) is 0 Å². The Hall–Kier alpha value is -1.30. The van der Waals surface area contributed by atoms with Gasteiger partial charge in [0.2, 0.25) is 0 Å². The highest BCUT2D eigenvalue weighted by Gasteiger charge is 1.92. The minimum Gasteiger partial charge on any atom is -0.0991 e. The Morgan fingerprint density at radius 1 is 0.941 bits per heavy atom. The molecule has 0 aliphatic carbocycles. The Bertz CT molecular complexity index is 320. The van der Waals surface area contributed by atoms with E-state index in [1.807, 2.05) is 18.2 Å². The molecule has 0 aromatic heterocycles. The highest BCUT2D eigenvalue weighted by molar-refractivity contribution is 5.21. The van der Waals surface area contributed by atoms with Crippen molar-refractivity contribution < 1.29 is 0 Å². The molecule has 0 saturated carbocycles. The molecule has 0 saturated heterocycles. The largest absolute Gasteiger partial charge is 0.0991 e. The Labute approximate surface area is 107 Å². The van der Waals surface area contributed by atoms with Crippen LogP contribution in [0.4, 0.5) is 0 Å². The van der Waals surface area contributed by atoms with Gasteiger partial charge in [-0.2, -0.15) is 0 Å². The summed E-state index contributed by atoms with van der Waals surface area (Å²) in [6.45, 7) is 14.0. The first kappa shape index (κ1) is 15.7. The number of hydrogen-bond donors (Lipinski definition) is 0. The quantitative estimate of drug-likeness (QED) is 0.367. The zero-order valence-electron chi connectivity index (χ0n) is 11.6. The molecule has 0 heterocycles. The van der Waals surface area contributed by atoms with Crippen molar-refractivity contribution in [1.29, 1.82) is 0 Å². The van der Waals surface area contributed by atoms with Crippen molar-refractivity contribution in [2.75, 3.05) is 0 Å². The third-order valence-electron chi connectivity index (χ3n) is 2.61. The summed E-state index contributed by atoms with van der Waals surface area (Å²) in [5, 5.41) is 0. The summed E-state index contributed by atoms with van der Waals surface area (Å²) < 4.78 is 0. The maximum absolute atomic E-state index is 3.80. The molecule has 0 rings (SSSR count). The summed E-state index contributed by atoms with van der Waals surface area (Å²) in [4.78, 5) is 0. The summed E-state index contributed by atoms with van der Waals surface area (Å²) in [6.07, 6.45) is 14.8. The second-order valence-corrected chi connectivity index (χ2v) is 4.59. The number of hydrogen-bond acceptors (Lipinski definition) is 0. The van der Waals surface area contributed by atoms with Crippen LogP contribution >= 0.6 is 0 Å². The Balaban J connectivity index is 3.99. The van der Waals surface area contributed by atoms with Gasteiger partial charge in [-0.3, -0.25) is 0 Å². The molecule has 94 valence electrons. The molecule has 0 fully saturated rings. The van der Waals surface area contributed by atoms with Crippen LogP contribution < -0.4 is 0 Å². The highest BCUT2D eigenvalue weighted by Crippen LogP contribution is 2.12. The molecule has 0 atom stereocenters. The molecule has 0 heteroatoms. The summed E-state index contributed by atoms with van der Waals surface area (Å²) in [6, 6.07) is 0. The third kappa shape index (κ3) is 9.62. The fraction of sp³-hybridized carbons (Fsp3) is 0.412. The van der Waals surface area contributed by atoms with Crippen molar-refractivity contribution in [3.05, 3.63) is 60.3 Å². The lowest BCUT2D eigenvalue weighted by atomic mass is 10.1. The molecular weight excluding hydrogens is 204 g/mol. The minimum atomic E-state index is 1.05. The van der Waals surface area contributed by atoms with Crippen molar-refractivity contribution in [1.82, 2.24) is 0 Å². The van der Waals surface area contributed by atoms with E-state index >= 15 is 0 Å². The molecule has 0 aromatic rings. The molecule has 0 aromatic carbocycles. The fourth-order valence-corrected chi connectivity index (χ4v) is 1.58. The van der Waals surface area contributed by atoms with Gasteiger partial charge >= 0.3 is 0 Å². The van der Waals surface area contributed by atoms with Crippen LogP contribution in [0.5, 0.6) is 0 Å². The Morgan fingerprint density at radius 2 is 1.59 bits per heavy atom. The van der Waals surface area contributed by atoms with Crippen LogP contribution in [0.2, 0.25) is 0 Å². The maximum atomic E-state index is 3.80. The molecule has 0 nitrogen and oxygen atoms in total. The molecule has 0 amide bonds. The van der Waals surface area contributed by atoms with Crippen molar-refractivity contribution in [3.63, 3.8) is 0 Å². The SMILES string of the molecule is C=C/C=C(\C=C)CC/C=C(\C)CCC=C(C)C. The van der Waals surface area contributed by atoms with E-state index in [4.69, 9.17) is 0 Å². The molecule has 17 heavy (non-hydrogen) atoms. The van der Waals surface area contributed by atoms with Crippen molar-refractivity contribution >= 4 is 0 Å². The summed E-state index contributed by atoms with van der Waals surface area (Å²) >= 11 is 0. The van der Waals surface area contributed by atoms with Crippen LogP contribution in [0.15, 0.2) is 60.3 Å². The molecule has 0 bridgehead atoms. The molecule has 0 unspecified atom stereocenters. The molecule has 0 N–H and O–H groups in total. The van der Waals surface area contributed by atoms with Gasteiger partial charge in [0, 0.05) is 0 Å². The number of rotatable bonds is 8. The smallest absolute Gasteiger partial charge is 0.0244 e. The maximum Gasteiger partial charge on any atom is -0.0244 e. The average Bonchev–Trinajstić information content (AvgIpc) is 2.27. The van der Waals surface area contributed by atoms with Crippen LogP contribution in [0, 0.1) is 0 Å². The standard InChI is InChI=1S/C17H26/c1-6-10-17(7-2)14-9-13-16(5)12-8-11-15(3)4/h6-7,10-11,13H,1-2,8-9,12,14H2,3-5H3/b16-13+,17-10+. The first-order valence-electron chi connectivity index (χ1n) is 6.33. The lowest BCUT2D eigenvalue weighted by Gasteiger charge is -2.01. The first-order chi connectivity index (χ1) is 8.10. The Kier molecular flexibility index (Phi) is 9.14. The predicted octanol–water partition coefficient (Wildman–Crippen LogP) is 5.76. The molecule has 0 spiro atoms. The van der Waals surface area contributed by atoms with E-state index in [1.165, 1.54) is 23.1 Å². The van der Waals surface area contributed by atoms with E-state index in [2.05, 4.69) is 46.1 Å². The van der Waals surface area contributed by atoms with Crippen LogP contribution in [0.1, 0.15) is 46.5 Å². The van der Waals surface area contributed by atoms with Crippen LogP contribution in [-0.4, -0.2) is 0 Å². The van der Waals surface area contributed by atoms with Crippen molar-refractivity contribution in [3.8, 4) is 0 Å². The van der Waals surface area contributed by atoms with E-state index in [0.29, 0.717) is 0 Å². The van der Waals surface area contributed by atoms with E-state index in [0.717, 1.165) is 19.3 Å². The van der Waals surface area contributed by atoms with Gasteiger partial charge < -0.3 is 0 Å². The second kappa shape index (κ2) is 9.89. The molecule has 0 radical (unpaired) electrons. The van der Waals surface area contributed by atoms with Gasteiger partial charge in [0.05, 0.1) is 0 Å². The summed E-state index contributed by atoms with van der Waals surface area (Å²) in [5.74, 6) is 0. The Morgan fingerprint density at radius 3 is 2.12 bits per heavy atom. The van der Waals surface area contributed by atoms with E-state index in [-0.39, 0.29) is 0 Å². The lowest BCUT2D eigenvalue weighted by molar-refractivity contribution is 0.927. The summed E-state index contributed by atoms with van der Waals surface area (Å²) in [7, 11) is 0. The van der Waals surface area contributed by atoms with Crippen LogP contribution in [-0.2, 0) is 0 Å². The fourth-order valence-electron chi connectivity index (χ4n) is 1.58. The van der Waals surface area contributed by atoms with Gasteiger partial charge in [0.1, 0.15) is 0 Å². The van der Waals surface area contributed by atoms with E-state index in [1.54, 1.807) is 0 Å². The highest BCUT2D eigenvalue weighted by atomic mass is 14.0. The zero-order chi connectivity index (χ0) is 13.1. The van der Waals surface area contributed by atoms with Crippen LogP contribution in [0.3, 0.4) is 0 Å². The van der Waals surface area contributed by atoms with Gasteiger partial charge in [-0.15, -0.1) is 0 Å². The summed E-state index contributed by atoms with van der Waals surface area (Å²) in [5.41, 5.74) is 4.14. The second-order valence-electron chi connectivity index (χ2n) is 4.59. The number of allylic oxidation sites excluding steroid dienone is 8. The average molecular weight is 230 g/mol. The first-order valence-corrected chi connectivity index (χ1v) is 6.33. The zero-order valence-corrected chi connectivity index (χ0v) is 11.6. The monoisotopic (exact) mass is 230 g/mol. The lowest BCUT2D eigenvalue weighted by Crippen LogP contribution is -1.81. The normalized spacial score (nSPS) is 12.2. The van der Waals surface area contributed by atoms with Crippen molar-refractivity contribution in [2.45, 2.75) is 46.5 Å². The van der Waals surface area contributed by atoms with Gasteiger partial charge in [0.15, 0.2) is 0 Å². The minimum absolute atomic E-state index is 1.05. The van der Waals surface area contributed by atoms with Gasteiger partial charge in [-0.05, 0) is 52.0 Å². The van der Waals surface area contributed by atoms with E-state index < -0.39 is 0 Å².